The molecule has 1 saturated heterocycles. The van der Waals surface area contributed by atoms with Gasteiger partial charge in [0.25, 0.3) is 0 Å². The summed E-state index contributed by atoms with van der Waals surface area (Å²) >= 11 is 1.71. The summed E-state index contributed by atoms with van der Waals surface area (Å²) in [6.07, 6.45) is 13.1. The highest BCUT2D eigenvalue weighted by Crippen LogP contribution is 2.44. The Morgan fingerprint density at radius 2 is 2.06 bits per heavy atom. The summed E-state index contributed by atoms with van der Waals surface area (Å²) in [6.45, 7) is 7.14. The summed E-state index contributed by atoms with van der Waals surface area (Å²) in [7, 11) is 0. The molecule has 36 heavy (non-hydrogen) atoms. The third-order valence-corrected chi connectivity index (χ3v) is 7.90. The number of rotatable bonds is 4. The number of aliphatic hydroxyl groups is 1. The second-order valence-electron chi connectivity index (χ2n) is 10.0. The molecule has 0 radical (unpaired) electrons. The minimum atomic E-state index is -1.24. The Kier molecular flexibility index (Phi) is 5.70. The van der Waals surface area contributed by atoms with Gasteiger partial charge >= 0.3 is 0 Å². The number of aromatic nitrogens is 4. The molecular weight excluding hydrogens is 476 g/mol. The van der Waals surface area contributed by atoms with Crippen LogP contribution in [0.5, 0.6) is 5.75 Å². The molecule has 3 aliphatic rings. The fourth-order valence-corrected chi connectivity index (χ4v) is 6.08. The van der Waals surface area contributed by atoms with E-state index in [1.54, 1.807) is 32.0 Å². The van der Waals surface area contributed by atoms with Crippen LogP contribution in [0.2, 0.25) is 0 Å². The van der Waals surface area contributed by atoms with Gasteiger partial charge in [0.1, 0.15) is 17.9 Å². The molecule has 10 heteroatoms. The summed E-state index contributed by atoms with van der Waals surface area (Å²) in [5, 5.41) is 12.3. The predicted octanol–water partition coefficient (Wildman–Crippen LogP) is 3.67. The molecule has 3 atom stereocenters. The van der Waals surface area contributed by atoms with Crippen molar-refractivity contribution in [2.75, 3.05) is 30.5 Å². The molecule has 5 heterocycles. The van der Waals surface area contributed by atoms with Gasteiger partial charge in [-0.3, -0.25) is 3.97 Å². The smallest absolute Gasteiger partial charge is 0.186 e. The Morgan fingerprint density at radius 3 is 2.83 bits per heavy atom. The highest BCUT2D eigenvalue weighted by Gasteiger charge is 2.40. The molecule has 1 fully saturated rings. The van der Waals surface area contributed by atoms with Crippen LogP contribution in [0.3, 0.4) is 0 Å². The molecule has 188 valence electrons. The van der Waals surface area contributed by atoms with Gasteiger partial charge in [-0.15, -0.1) is 0 Å². The lowest BCUT2D eigenvalue weighted by molar-refractivity contribution is 0.0425. The molecule has 1 unspecified atom stereocenters. The van der Waals surface area contributed by atoms with E-state index in [4.69, 9.17) is 25.2 Å². The summed E-state index contributed by atoms with van der Waals surface area (Å²) in [5.41, 5.74) is 7.68. The van der Waals surface area contributed by atoms with Crippen molar-refractivity contribution in [3.05, 3.63) is 48.5 Å². The lowest BCUT2D eigenvalue weighted by Crippen LogP contribution is -2.56. The van der Waals surface area contributed by atoms with Crippen LogP contribution >= 0.6 is 11.9 Å². The van der Waals surface area contributed by atoms with E-state index in [0.29, 0.717) is 59.4 Å². The van der Waals surface area contributed by atoms with E-state index in [0.717, 1.165) is 17.5 Å². The number of hydrogen-bond donors (Lipinski definition) is 2. The van der Waals surface area contributed by atoms with E-state index in [1.807, 2.05) is 12.3 Å². The van der Waals surface area contributed by atoms with Crippen LogP contribution < -0.4 is 15.4 Å². The van der Waals surface area contributed by atoms with Crippen molar-refractivity contribution >= 4 is 34.5 Å². The minimum absolute atomic E-state index is 0.0449. The maximum atomic E-state index is 11.1. The molecule has 6 rings (SSSR count). The second-order valence-corrected chi connectivity index (χ2v) is 11.2. The Morgan fingerprint density at radius 1 is 1.19 bits per heavy atom. The maximum absolute atomic E-state index is 11.1. The summed E-state index contributed by atoms with van der Waals surface area (Å²) in [5.74, 6) is 1.63. The second kappa shape index (κ2) is 8.79. The molecule has 0 bridgehead atoms. The maximum Gasteiger partial charge on any atom is 0.186 e. The molecule has 9 nitrogen and oxygen atoms in total. The Labute approximate surface area is 214 Å². The average Bonchev–Trinajstić information content (AvgIpc) is 3.25. The number of allylic oxidation sites excluding steroid dienone is 3. The normalized spacial score (nSPS) is 23.4. The summed E-state index contributed by atoms with van der Waals surface area (Å²) in [6, 6.07) is 2.16. The van der Waals surface area contributed by atoms with Crippen LogP contribution in [0.15, 0.2) is 42.8 Å². The zero-order chi connectivity index (χ0) is 25.0. The van der Waals surface area contributed by atoms with Crippen LogP contribution in [0.4, 0.5) is 11.5 Å². The third kappa shape index (κ3) is 3.93. The lowest BCUT2D eigenvalue weighted by atomic mass is 10.0. The van der Waals surface area contributed by atoms with Gasteiger partial charge in [0.15, 0.2) is 23.0 Å². The number of fused-ring (bicyclic) bond motifs is 4. The standard InChI is InChI=1S/C26H30N6O3S/c1-15-12-34-13-16-14-35-21-22(26(2,3)33)29-23(30-25(21)32(15)16)20-18-9-10-31(24(18)28-11-19(20)27)36-17-7-5-4-6-8-17/h4-7,9-11,15-17,33H,8,12-14,27H2,1-3H3/t15-,16+,17?/m1/s1. The molecular formula is C26H30N6O3S. The molecule has 2 aliphatic heterocycles. The first-order valence-corrected chi connectivity index (χ1v) is 13.0. The monoisotopic (exact) mass is 506 g/mol. The Balaban J connectivity index is 1.51. The van der Waals surface area contributed by atoms with Gasteiger partial charge in [0.05, 0.1) is 42.7 Å². The van der Waals surface area contributed by atoms with Crippen molar-refractivity contribution in [2.45, 2.75) is 50.1 Å². The van der Waals surface area contributed by atoms with Crippen molar-refractivity contribution in [2.24, 2.45) is 0 Å². The first kappa shape index (κ1) is 23.3. The zero-order valence-electron chi connectivity index (χ0n) is 20.6. The lowest BCUT2D eigenvalue weighted by Gasteiger charge is -2.45. The molecule has 0 saturated carbocycles. The van der Waals surface area contributed by atoms with Gasteiger partial charge in [0, 0.05) is 16.8 Å². The van der Waals surface area contributed by atoms with Crippen LogP contribution in [0, 0.1) is 0 Å². The predicted molar refractivity (Wildman–Crippen MR) is 142 cm³/mol. The third-order valence-electron chi connectivity index (χ3n) is 6.75. The van der Waals surface area contributed by atoms with E-state index in [2.05, 4.69) is 45.1 Å². The molecule has 0 aromatic carbocycles. The minimum Gasteiger partial charge on any atom is -0.485 e. The van der Waals surface area contributed by atoms with Crippen molar-refractivity contribution < 1.29 is 14.6 Å². The fourth-order valence-electron chi connectivity index (χ4n) is 5.05. The number of nitrogen functional groups attached to an aromatic ring is 1. The van der Waals surface area contributed by atoms with Crippen LogP contribution in [-0.2, 0) is 10.3 Å². The SMILES string of the molecule is C[C@@H]1COC[C@H]2COc3c(nc(-c4c(N)cnc5c4ccn5SC4C=CC=CC4)nc3C(C)(C)O)N21. The number of hydrogen-bond acceptors (Lipinski definition) is 9. The number of morpholine rings is 1. The Bertz CT molecular complexity index is 1380. The number of pyridine rings is 1. The molecule has 0 amide bonds. The fraction of sp³-hybridized carbons (Fsp3) is 0.423. The van der Waals surface area contributed by atoms with Gasteiger partial charge in [-0.1, -0.05) is 24.3 Å². The van der Waals surface area contributed by atoms with Crippen molar-refractivity contribution in [1.82, 2.24) is 18.9 Å². The van der Waals surface area contributed by atoms with E-state index in [9.17, 15) is 5.11 Å². The summed E-state index contributed by atoms with van der Waals surface area (Å²) < 4.78 is 14.0. The first-order valence-electron chi connectivity index (χ1n) is 12.2. The van der Waals surface area contributed by atoms with Gasteiger partial charge in [0.2, 0.25) is 0 Å². The van der Waals surface area contributed by atoms with E-state index in [-0.39, 0.29) is 12.1 Å². The zero-order valence-corrected chi connectivity index (χ0v) is 21.4. The molecule has 3 N–H and O–H groups in total. The van der Waals surface area contributed by atoms with Crippen molar-refractivity contribution in [3.63, 3.8) is 0 Å². The van der Waals surface area contributed by atoms with Gasteiger partial charge < -0.3 is 25.2 Å². The molecule has 3 aromatic rings. The van der Waals surface area contributed by atoms with Crippen molar-refractivity contribution in [3.8, 4) is 17.1 Å². The van der Waals surface area contributed by atoms with Crippen LogP contribution in [0.1, 0.15) is 32.9 Å². The van der Waals surface area contributed by atoms with Crippen LogP contribution in [0.25, 0.3) is 22.4 Å². The van der Waals surface area contributed by atoms with Gasteiger partial charge in [-0.25, -0.2) is 15.0 Å². The Hall–Kier alpha value is -3.08. The number of nitrogens with two attached hydrogens (primary N) is 1. The average molecular weight is 507 g/mol. The van der Waals surface area contributed by atoms with E-state index in [1.165, 1.54) is 0 Å². The molecule has 0 spiro atoms. The molecule has 1 aliphatic carbocycles. The van der Waals surface area contributed by atoms with E-state index < -0.39 is 5.60 Å². The highest BCUT2D eigenvalue weighted by molar-refractivity contribution is 7.98. The van der Waals surface area contributed by atoms with Crippen LogP contribution in [-0.4, -0.2) is 61.2 Å². The topological polar surface area (TPSA) is 112 Å². The number of anilines is 2. The number of nitrogens with zero attached hydrogens (tertiary/aromatic N) is 5. The molecule has 3 aromatic heterocycles. The van der Waals surface area contributed by atoms with E-state index >= 15 is 0 Å². The van der Waals surface area contributed by atoms with Crippen molar-refractivity contribution in [1.29, 1.82) is 0 Å². The van der Waals surface area contributed by atoms with Gasteiger partial charge in [-0.05, 0) is 45.2 Å². The first-order chi connectivity index (χ1) is 17.3. The largest absolute Gasteiger partial charge is 0.485 e. The number of ether oxygens (including phenoxy) is 2. The highest BCUT2D eigenvalue weighted by atomic mass is 32.2. The summed E-state index contributed by atoms with van der Waals surface area (Å²) in [4.78, 5) is 16.7. The van der Waals surface area contributed by atoms with Gasteiger partial charge in [-0.2, -0.15) is 0 Å². The quantitative estimate of drug-likeness (QED) is 0.547.